The fraction of sp³-hybridized carbons (Fsp3) is 0.750. The lowest BCUT2D eigenvalue weighted by molar-refractivity contribution is 0.0667. The molecule has 7 nitrogen and oxygen atoms in total. The molecule has 1 unspecified atom stereocenters. The van der Waals surface area contributed by atoms with E-state index < -0.39 is 0 Å². The lowest BCUT2D eigenvalue weighted by Gasteiger charge is -2.23. The van der Waals surface area contributed by atoms with Crippen molar-refractivity contribution >= 4 is 5.91 Å². The summed E-state index contributed by atoms with van der Waals surface area (Å²) >= 11 is 0. The second-order valence-electron chi connectivity index (χ2n) is 5.81. The van der Waals surface area contributed by atoms with Crippen molar-refractivity contribution in [3.8, 4) is 0 Å². The van der Waals surface area contributed by atoms with Crippen molar-refractivity contribution in [3.63, 3.8) is 0 Å². The normalized spacial score (nSPS) is 18.1. The minimum Gasteiger partial charge on any atom is -0.385 e. The SMILES string of the molecule is COCCCN(CCOC)C(=O)c1ccn(C2CCCNC2)n1. The van der Waals surface area contributed by atoms with E-state index in [1.165, 1.54) is 0 Å². The number of nitrogens with one attached hydrogen (secondary N) is 1. The minimum absolute atomic E-state index is 0.0410. The minimum atomic E-state index is -0.0410. The molecule has 0 aliphatic carbocycles. The van der Waals surface area contributed by atoms with Crippen molar-refractivity contribution < 1.29 is 14.3 Å². The van der Waals surface area contributed by atoms with Gasteiger partial charge in [-0.3, -0.25) is 9.48 Å². The van der Waals surface area contributed by atoms with Crippen LogP contribution in [0.1, 0.15) is 35.8 Å². The van der Waals surface area contributed by atoms with Gasteiger partial charge in [0.15, 0.2) is 0 Å². The Morgan fingerprint density at radius 2 is 2.22 bits per heavy atom. The van der Waals surface area contributed by atoms with Gasteiger partial charge in [-0.25, -0.2) is 0 Å². The fourth-order valence-electron chi connectivity index (χ4n) is 2.79. The van der Waals surface area contributed by atoms with E-state index in [9.17, 15) is 4.79 Å². The molecule has 2 rings (SSSR count). The number of nitrogens with zero attached hydrogens (tertiary/aromatic N) is 3. The zero-order valence-electron chi connectivity index (χ0n) is 14.2. The molecular formula is C16H28N4O3. The summed E-state index contributed by atoms with van der Waals surface area (Å²) in [6.07, 6.45) is 4.96. The first kappa shape index (κ1) is 17.9. The van der Waals surface area contributed by atoms with Gasteiger partial charge in [-0.05, 0) is 31.9 Å². The van der Waals surface area contributed by atoms with Crippen LogP contribution in [0.2, 0.25) is 0 Å². The number of ether oxygens (including phenoxy) is 2. The number of piperidine rings is 1. The van der Waals surface area contributed by atoms with Gasteiger partial charge in [0.1, 0.15) is 5.69 Å². The lowest BCUT2D eigenvalue weighted by atomic mass is 10.1. The average molecular weight is 324 g/mol. The molecule has 1 N–H and O–H groups in total. The van der Waals surface area contributed by atoms with Gasteiger partial charge in [-0.15, -0.1) is 0 Å². The molecular weight excluding hydrogens is 296 g/mol. The van der Waals surface area contributed by atoms with Crippen molar-refractivity contribution in [2.24, 2.45) is 0 Å². The van der Waals surface area contributed by atoms with Crippen LogP contribution < -0.4 is 5.32 Å². The molecule has 7 heteroatoms. The summed E-state index contributed by atoms with van der Waals surface area (Å²) < 4.78 is 12.1. The summed E-state index contributed by atoms with van der Waals surface area (Å²) in [5.74, 6) is -0.0410. The summed E-state index contributed by atoms with van der Waals surface area (Å²) in [5.41, 5.74) is 0.504. The quantitative estimate of drug-likeness (QED) is 0.685. The average Bonchev–Trinajstić information content (AvgIpc) is 3.08. The van der Waals surface area contributed by atoms with Crippen LogP contribution in [-0.2, 0) is 9.47 Å². The maximum atomic E-state index is 12.7. The largest absolute Gasteiger partial charge is 0.385 e. The van der Waals surface area contributed by atoms with E-state index in [0.29, 0.717) is 38.0 Å². The summed E-state index contributed by atoms with van der Waals surface area (Å²) in [6, 6.07) is 2.15. The Kier molecular flexibility index (Phi) is 7.51. The van der Waals surface area contributed by atoms with E-state index in [4.69, 9.17) is 9.47 Å². The Hall–Kier alpha value is -1.44. The maximum absolute atomic E-state index is 12.7. The molecule has 0 radical (unpaired) electrons. The predicted octanol–water partition coefficient (Wildman–Crippen LogP) is 0.933. The highest BCUT2D eigenvalue weighted by molar-refractivity contribution is 5.92. The number of carbonyl (C=O) groups is 1. The van der Waals surface area contributed by atoms with E-state index in [0.717, 1.165) is 32.4 Å². The number of aromatic nitrogens is 2. The Labute approximate surface area is 137 Å². The Morgan fingerprint density at radius 3 is 2.91 bits per heavy atom. The first-order chi connectivity index (χ1) is 11.3. The van der Waals surface area contributed by atoms with Gasteiger partial charge in [-0.2, -0.15) is 5.10 Å². The van der Waals surface area contributed by atoms with Crippen molar-refractivity contribution in [1.82, 2.24) is 20.0 Å². The van der Waals surface area contributed by atoms with Crippen LogP contribution in [0.5, 0.6) is 0 Å². The first-order valence-corrected chi connectivity index (χ1v) is 8.29. The van der Waals surface area contributed by atoms with Crippen LogP contribution in [0.3, 0.4) is 0 Å². The maximum Gasteiger partial charge on any atom is 0.274 e. The van der Waals surface area contributed by atoms with Gasteiger partial charge in [0.25, 0.3) is 5.91 Å². The molecule has 130 valence electrons. The van der Waals surface area contributed by atoms with E-state index >= 15 is 0 Å². The Bertz CT molecular complexity index is 472. The molecule has 0 aromatic carbocycles. The van der Waals surface area contributed by atoms with Crippen LogP contribution in [0, 0.1) is 0 Å². The van der Waals surface area contributed by atoms with Crippen LogP contribution >= 0.6 is 0 Å². The molecule has 1 aliphatic heterocycles. The molecule has 1 aromatic rings. The van der Waals surface area contributed by atoms with Crippen molar-refractivity contribution in [3.05, 3.63) is 18.0 Å². The number of carbonyl (C=O) groups excluding carboxylic acids is 1. The second kappa shape index (κ2) is 9.64. The molecule has 1 fully saturated rings. The summed E-state index contributed by atoms with van der Waals surface area (Å²) in [7, 11) is 3.31. The molecule has 1 saturated heterocycles. The van der Waals surface area contributed by atoms with Gasteiger partial charge in [0.05, 0.1) is 12.6 Å². The van der Waals surface area contributed by atoms with E-state index in [-0.39, 0.29) is 5.91 Å². The molecule has 2 heterocycles. The highest BCUT2D eigenvalue weighted by atomic mass is 16.5. The van der Waals surface area contributed by atoms with Crippen LogP contribution in [-0.4, -0.2) is 74.2 Å². The number of hydrogen-bond donors (Lipinski definition) is 1. The molecule has 1 atom stereocenters. The highest BCUT2D eigenvalue weighted by Gasteiger charge is 2.21. The van der Waals surface area contributed by atoms with Crippen molar-refractivity contribution in [2.45, 2.75) is 25.3 Å². The summed E-state index contributed by atoms with van der Waals surface area (Å²) in [4.78, 5) is 14.5. The van der Waals surface area contributed by atoms with Crippen molar-refractivity contribution in [2.75, 3.05) is 53.6 Å². The van der Waals surface area contributed by atoms with Gasteiger partial charge < -0.3 is 19.7 Å². The van der Waals surface area contributed by atoms with E-state index in [1.807, 2.05) is 16.9 Å². The molecule has 1 aromatic heterocycles. The second-order valence-corrected chi connectivity index (χ2v) is 5.81. The zero-order valence-corrected chi connectivity index (χ0v) is 14.2. The third-order valence-electron chi connectivity index (χ3n) is 4.10. The number of rotatable bonds is 9. The molecule has 1 amide bonds. The number of hydrogen-bond acceptors (Lipinski definition) is 5. The van der Waals surface area contributed by atoms with E-state index in [2.05, 4.69) is 10.4 Å². The smallest absolute Gasteiger partial charge is 0.274 e. The highest BCUT2D eigenvalue weighted by Crippen LogP contribution is 2.16. The Morgan fingerprint density at radius 1 is 1.39 bits per heavy atom. The predicted molar refractivity (Wildman–Crippen MR) is 87.6 cm³/mol. The van der Waals surface area contributed by atoms with Gasteiger partial charge >= 0.3 is 0 Å². The van der Waals surface area contributed by atoms with Gasteiger partial charge in [0.2, 0.25) is 0 Å². The summed E-state index contributed by atoms with van der Waals surface area (Å²) in [6.45, 7) is 4.35. The topological polar surface area (TPSA) is 68.6 Å². The monoisotopic (exact) mass is 324 g/mol. The molecule has 23 heavy (non-hydrogen) atoms. The number of amides is 1. The van der Waals surface area contributed by atoms with E-state index in [1.54, 1.807) is 19.1 Å². The molecule has 0 saturated carbocycles. The first-order valence-electron chi connectivity index (χ1n) is 8.29. The van der Waals surface area contributed by atoms with Crippen LogP contribution in [0.4, 0.5) is 0 Å². The van der Waals surface area contributed by atoms with Gasteiger partial charge in [0, 0.05) is 46.7 Å². The molecule has 0 bridgehead atoms. The van der Waals surface area contributed by atoms with Crippen molar-refractivity contribution in [1.29, 1.82) is 0 Å². The molecule has 1 aliphatic rings. The third kappa shape index (κ3) is 5.30. The fourth-order valence-corrected chi connectivity index (χ4v) is 2.79. The zero-order chi connectivity index (χ0) is 16.5. The Balaban J connectivity index is 1.98. The third-order valence-corrected chi connectivity index (χ3v) is 4.10. The number of methoxy groups -OCH3 is 2. The lowest BCUT2D eigenvalue weighted by Crippen LogP contribution is -2.36. The van der Waals surface area contributed by atoms with Gasteiger partial charge in [-0.1, -0.05) is 0 Å². The van der Waals surface area contributed by atoms with Crippen LogP contribution in [0.25, 0.3) is 0 Å². The standard InChI is InChI=1S/C16H28N4O3/c1-22-11-4-8-19(10-12-23-2)16(21)15-6-9-20(18-15)14-5-3-7-17-13-14/h6,9,14,17H,3-5,7-8,10-13H2,1-2H3. The van der Waals surface area contributed by atoms with Crippen LogP contribution in [0.15, 0.2) is 12.3 Å². The summed E-state index contributed by atoms with van der Waals surface area (Å²) in [5, 5.41) is 7.87. The molecule has 0 spiro atoms.